The largest absolute Gasteiger partial charge is 0.411 e. The molecule has 0 radical (unpaired) electrons. The van der Waals surface area contributed by atoms with E-state index in [4.69, 9.17) is 0 Å². The Morgan fingerprint density at radius 2 is 1.75 bits per heavy atom. The van der Waals surface area contributed by atoms with E-state index in [9.17, 15) is 0 Å². The molecular weight excluding hydrogens is 243 g/mol. The monoisotopic (exact) mass is 263 g/mol. The van der Waals surface area contributed by atoms with Gasteiger partial charge >= 0.3 is 6.85 Å². The molecule has 20 heavy (non-hydrogen) atoms. The standard InChI is InChI=1S/C17H20BN2/c1-13-9-17(19(3)11-14(13)2)18-10-15-7-5-6-8-16(15)12-20(18)4/h5-12H,1-4H3/q+1. The number of aryl methyl sites for hydroxylation is 3. The molecule has 1 aliphatic rings. The topological polar surface area (TPSA) is 7.12 Å². The van der Waals surface area contributed by atoms with Crippen LogP contribution in [-0.4, -0.2) is 18.7 Å². The minimum absolute atomic E-state index is 0.286. The number of benzene rings is 1. The molecule has 0 amide bonds. The van der Waals surface area contributed by atoms with Crippen molar-refractivity contribution in [1.82, 2.24) is 4.81 Å². The van der Waals surface area contributed by atoms with Gasteiger partial charge in [-0.3, -0.25) is 0 Å². The Kier molecular flexibility index (Phi) is 3.13. The summed E-state index contributed by atoms with van der Waals surface area (Å²) in [5, 5.41) is 2.60. The van der Waals surface area contributed by atoms with E-state index in [0.29, 0.717) is 0 Å². The van der Waals surface area contributed by atoms with Crippen molar-refractivity contribution in [2.45, 2.75) is 13.8 Å². The first-order valence-corrected chi connectivity index (χ1v) is 7.04. The van der Waals surface area contributed by atoms with Gasteiger partial charge in [0.15, 0.2) is 11.8 Å². The van der Waals surface area contributed by atoms with Crippen LogP contribution in [0.15, 0.2) is 36.5 Å². The van der Waals surface area contributed by atoms with Crippen LogP contribution < -0.4 is 20.6 Å². The van der Waals surface area contributed by atoms with Crippen LogP contribution in [0, 0.1) is 13.8 Å². The lowest BCUT2D eigenvalue weighted by molar-refractivity contribution is -0.654. The normalized spacial score (nSPS) is 13.6. The Balaban J connectivity index is 2.17. The average molecular weight is 263 g/mol. The number of aromatic nitrogens is 1. The lowest BCUT2D eigenvalue weighted by Gasteiger charge is -2.22. The molecule has 0 saturated carbocycles. The Morgan fingerprint density at radius 3 is 2.50 bits per heavy atom. The van der Waals surface area contributed by atoms with E-state index in [1.165, 1.54) is 27.2 Å². The summed E-state index contributed by atoms with van der Waals surface area (Å²) in [5.74, 6) is 2.35. The highest BCUT2D eigenvalue weighted by atomic mass is 15.0. The fourth-order valence-electron chi connectivity index (χ4n) is 2.86. The fraction of sp³-hybridized carbons (Fsp3) is 0.235. The summed E-state index contributed by atoms with van der Waals surface area (Å²) < 4.78 is 2.24. The van der Waals surface area contributed by atoms with Gasteiger partial charge in [0.2, 0.25) is 0 Å². The molecule has 2 heterocycles. The van der Waals surface area contributed by atoms with Crippen molar-refractivity contribution in [2.75, 3.05) is 7.05 Å². The first-order valence-electron chi connectivity index (χ1n) is 7.04. The molecule has 2 nitrogen and oxygen atoms in total. The molecule has 3 heteroatoms. The van der Waals surface area contributed by atoms with E-state index >= 15 is 0 Å². The quantitative estimate of drug-likeness (QED) is 0.520. The smallest absolute Gasteiger partial charge is 0.396 e. The van der Waals surface area contributed by atoms with Gasteiger partial charge in [-0.1, -0.05) is 30.2 Å². The van der Waals surface area contributed by atoms with Crippen molar-refractivity contribution in [3.05, 3.63) is 58.1 Å². The van der Waals surface area contributed by atoms with Gasteiger partial charge in [0.05, 0.1) is 0 Å². The van der Waals surface area contributed by atoms with Gasteiger partial charge in [-0.05, 0) is 43.1 Å². The Hall–Kier alpha value is -2.03. The van der Waals surface area contributed by atoms with Crippen molar-refractivity contribution in [1.29, 1.82) is 0 Å². The molecule has 0 N–H and O–H groups in total. The second-order valence-electron chi connectivity index (χ2n) is 5.71. The molecule has 1 aliphatic heterocycles. The van der Waals surface area contributed by atoms with Crippen molar-refractivity contribution >= 4 is 24.6 Å². The zero-order valence-corrected chi connectivity index (χ0v) is 12.6. The molecule has 1 aromatic heterocycles. The molecule has 1 aromatic carbocycles. The van der Waals surface area contributed by atoms with Crippen LogP contribution >= 0.6 is 0 Å². The maximum absolute atomic E-state index is 2.35. The van der Waals surface area contributed by atoms with E-state index in [0.717, 1.165) is 0 Å². The van der Waals surface area contributed by atoms with Gasteiger partial charge in [0, 0.05) is 11.6 Å². The Bertz CT molecular complexity index is 780. The zero-order valence-electron chi connectivity index (χ0n) is 12.6. The van der Waals surface area contributed by atoms with Crippen LogP contribution in [0.5, 0.6) is 0 Å². The summed E-state index contributed by atoms with van der Waals surface area (Å²) in [4.78, 5) is 2.28. The van der Waals surface area contributed by atoms with E-state index < -0.39 is 0 Å². The molecular formula is C17H20BN2+. The molecule has 100 valence electrons. The molecule has 0 saturated heterocycles. The molecule has 0 unspecified atom stereocenters. The van der Waals surface area contributed by atoms with Crippen molar-refractivity contribution in [3.8, 4) is 0 Å². The number of hydrogen-bond acceptors (Lipinski definition) is 1. The summed E-state index contributed by atoms with van der Waals surface area (Å²) in [6.45, 7) is 4.63. The highest BCUT2D eigenvalue weighted by Crippen LogP contribution is 2.03. The SMILES string of the molecule is Cc1cc(B2C=c3ccccc3=CN2C)[n+](C)cc1C. The molecule has 0 fully saturated rings. The van der Waals surface area contributed by atoms with E-state index in [1.807, 2.05) is 0 Å². The molecule has 0 atom stereocenters. The molecule has 0 spiro atoms. The fourth-order valence-corrected chi connectivity index (χ4v) is 2.86. The number of fused-ring (bicyclic) bond motifs is 1. The Labute approximate surface area is 120 Å². The van der Waals surface area contributed by atoms with Crippen LogP contribution in [0.4, 0.5) is 0 Å². The van der Waals surface area contributed by atoms with E-state index in [-0.39, 0.29) is 6.85 Å². The number of nitrogens with zero attached hydrogens (tertiary/aromatic N) is 2. The first-order chi connectivity index (χ1) is 9.56. The summed E-state index contributed by atoms with van der Waals surface area (Å²) >= 11 is 0. The second-order valence-corrected chi connectivity index (χ2v) is 5.71. The van der Waals surface area contributed by atoms with Gasteiger partial charge in [0.1, 0.15) is 7.05 Å². The summed E-state index contributed by atoms with van der Waals surface area (Å²) in [5.41, 5.74) is 4.00. The number of hydrogen-bond donors (Lipinski definition) is 0. The minimum Gasteiger partial charge on any atom is -0.411 e. The summed E-state index contributed by atoms with van der Waals surface area (Å²) in [6.07, 6.45) is 4.45. The Morgan fingerprint density at radius 1 is 1.05 bits per heavy atom. The third-order valence-corrected chi connectivity index (χ3v) is 4.20. The summed E-state index contributed by atoms with van der Waals surface area (Å²) in [7, 11) is 4.27. The van der Waals surface area contributed by atoms with E-state index in [1.54, 1.807) is 0 Å². The van der Waals surface area contributed by atoms with Gasteiger partial charge < -0.3 is 4.81 Å². The predicted molar refractivity (Wildman–Crippen MR) is 84.9 cm³/mol. The highest BCUT2D eigenvalue weighted by Gasteiger charge is 2.29. The maximum atomic E-state index is 2.35. The van der Waals surface area contributed by atoms with Gasteiger partial charge in [-0.15, -0.1) is 0 Å². The van der Waals surface area contributed by atoms with Crippen LogP contribution in [0.3, 0.4) is 0 Å². The third kappa shape index (κ3) is 2.13. The minimum atomic E-state index is 0.286. The second kappa shape index (κ2) is 4.82. The lowest BCUT2D eigenvalue weighted by Crippen LogP contribution is -2.61. The molecule has 2 aromatic rings. The van der Waals surface area contributed by atoms with E-state index in [2.05, 4.69) is 86.0 Å². The van der Waals surface area contributed by atoms with Crippen molar-refractivity contribution in [3.63, 3.8) is 0 Å². The average Bonchev–Trinajstić information content (AvgIpc) is 2.42. The first kappa shape index (κ1) is 13.0. The van der Waals surface area contributed by atoms with Crippen molar-refractivity contribution < 1.29 is 4.57 Å². The van der Waals surface area contributed by atoms with Crippen LogP contribution in [0.25, 0.3) is 12.2 Å². The van der Waals surface area contributed by atoms with Crippen molar-refractivity contribution in [2.24, 2.45) is 7.05 Å². The van der Waals surface area contributed by atoms with Gasteiger partial charge in [0.25, 0.3) is 0 Å². The molecule has 3 rings (SSSR count). The van der Waals surface area contributed by atoms with Crippen LogP contribution in [0.1, 0.15) is 11.1 Å². The number of pyridine rings is 1. The number of rotatable bonds is 1. The maximum Gasteiger partial charge on any atom is 0.396 e. The molecule has 0 bridgehead atoms. The zero-order chi connectivity index (χ0) is 14.3. The lowest BCUT2D eigenvalue weighted by atomic mass is 9.55. The third-order valence-electron chi connectivity index (χ3n) is 4.20. The van der Waals surface area contributed by atoms with Crippen LogP contribution in [0.2, 0.25) is 0 Å². The predicted octanol–water partition coefficient (Wildman–Crippen LogP) is 0.0297. The summed E-state index contributed by atoms with van der Waals surface area (Å²) in [6, 6.07) is 10.8. The van der Waals surface area contributed by atoms with Gasteiger partial charge in [-0.2, -0.15) is 0 Å². The molecule has 0 aliphatic carbocycles. The van der Waals surface area contributed by atoms with Gasteiger partial charge in [-0.25, -0.2) is 4.57 Å². The highest BCUT2D eigenvalue weighted by molar-refractivity contribution is 6.82. The van der Waals surface area contributed by atoms with Crippen LogP contribution in [-0.2, 0) is 7.05 Å².